The molecular formula is C21H19FN4O2. The topological polar surface area (TPSA) is 84.0 Å². The maximum Gasteiger partial charge on any atom is 0.275 e. The number of carbonyl (C=O) groups is 2. The molecule has 0 aliphatic heterocycles. The summed E-state index contributed by atoms with van der Waals surface area (Å²) in [6, 6.07) is 13.3. The van der Waals surface area contributed by atoms with E-state index in [-0.39, 0.29) is 17.3 Å². The van der Waals surface area contributed by atoms with Crippen LogP contribution in [0.5, 0.6) is 0 Å². The zero-order valence-electron chi connectivity index (χ0n) is 15.3. The molecule has 0 aliphatic carbocycles. The van der Waals surface area contributed by atoms with E-state index in [0.717, 1.165) is 0 Å². The van der Waals surface area contributed by atoms with Gasteiger partial charge < -0.3 is 10.6 Å². The molecule has 0 saturated heterocycles. The molecule has 28 heavy (non-hydrogen) atoms. The third kappa shape index (κ3) is 4.97. The van der Waals surface area contributed by atoms with Gasteiger partial charge in [0.05, 0.1) is 12.4 Å². The van der Waals surface area contributed by atoms with Crippen LogP contribution < -0.4 is 10.6 Å². The van der Waals surface area contributed by atoms with Gasteiger partial charge in [-0.05, 0) is 37.1 Å². The van der Waals surface area contributed by atoms with Crippen LogP contribution in [0.25, 0.3) is 0 Å². The molecule has 0 fully saturated rings. The summed E-state index contributed by atoms with van der Waals surface area (Å²) in [5, 5.41) is 5.73. The minimum absolute atomic E-state index is 0.0818. The Bertz CT molecular complexity index is 990. The molecule has 0 radical (unpaired) electrons. The fraction of sp³-hybridized carbons (Fsp3) is 0.143. The lowest BCUT2D eigenvalue weighted by Crippen LogP contribution is -2.15. The summed E-state index contributed by atoms with van der Waals surface area (Å²) in [6.45, 7) is 1.95. The number of hydrogen-bond donors (Lipinski definition) is 2. The van der Waals surface area contributed by atoms with Crippen LogP contribution >= 0.6 is 0 Å². The van der Waals surface area contributed by atoms with Crippen molar-refractivity contribution in [2.75, 3.05) is 17.2 Å². The Balaban J connectivity index is 1.56. The smallest absolute Gasteiger partial charge is 0.275 e. The number of carbonyl (C=O) groups excluding carboxylic acids is 2. The average molecular weight is 378 g/mol. The number of nitrogens with one attached hydrogen (secondary N) is 2. The summed E-state index contributed by atoms with van der Waals surface area (Å²) in [7, 11) is 0. The van der Waals surface area contributed by atoms with E-state index < -0.39 is 5.91 Å². The van der Waals surface area contributed by atoms with E-state index in [2.05, 4.69) is 20.6 Å². The third-order valence-corrected chi connectivity index (χ3v) is 4.07. The number of ketones is 1. The van der Waals surface area contributed by atoms with Gasteiger partial charge in [0.2, 0.25) is 0 Å². The normalized spacial score (nSPS) is 10.4. The second kappa shape index (κ2) is 8.85. The maximum absolute atomic E-state index is 13.6. The molecule has 0 unspecified atom stereocenters. The van der Waals surface area contributed by atoms with Gasteiger partial charge in [0.1, 0.15) is 17.3 Å². The summed E-state index contributed by atoms with van der Waals surface area (Å²) in [5.41, 5.74) is 1.78. The van der Waals surface area contributed by atoms with Gasteiger partial charge >= 0.3 is 0 Å². The van der Waals surface area contributed by atoms with Gasteiger partial charge in [-0.2, -0.15) is 0 Å². The maximum atomic E-state index is 13.6. The van der Waals surface area contributed by atoms with E-state index in [0.29, 0.717) is 35.6 Å². The van der Waals surface area contributed by atoms with Gasteiger partial charge in [-0.25, -0.2) is 14.4 Å². The Morgan fingerprint density at radius 3 is 2.57 bits per heavy atom. The molecule has 7 heteroatoms. The molecule has 0 bridgehead atoms. The number of benzene rings is 2. The van der Waals surface area contributed by atoms with Crippen molar-refractivity contribution < 1.29 is 14.0 Å². The second-order valence-electron chi connectivity index (χ2n) is 6.15. The van der Waals surface area contributed by atoms with Gasteiger partial charge in [0.25, 0.3) is 5.91 Å². The van der Waals surface area contributed by atoms with Crippen LogP contribution in [0, 0.1) is 5.82 Å². The van der Waals surface area contributed by atoms with Crippen LogP contribution in [0.3, 0.4) is 0 Å². The van der Waals surface area contributed by atoms with Crippen LogP contribution in [-0.4, -0.2) is 28.2 Å². The Kier molecular flexibility index (Phi) is 6.06. The molecule has 3 rings (SSSR count). The molecule has 1 amide bonds. The van der Waals surface area contributed by atoms with Crippen molar-refractivity contribution >= 4 is 23.2 Å². The average Bonchev–Trinajstić information content (AvgIpc) is 2.70. The van der Waals surface area contributed by atoms with Crippen LogP contribution in [-0.2, 0) is 6.42 Å². The number of halogens is 1. The molecule has 0 saturated carbocycles. The van der Waals surface area contributed by atoms with E-state index in [9.17, 15) is 14.0 Å². The monoisotopic (exact) mass is 378 g/mol. The number of anilines is 2. The molecule has 0 aliphatic rings. The highest BCUT2D eigenvalue weighted by Gasteiger charge is 2.10. The molecule has 2 aromatic carbocycles. The SMILES string of the molecule is CC(=O)c1cccc(NC(=O)c2cnc(NCCc3ccccc3F)cn2)c1. The Morgan fingerprint density at radius 1 is 1.04 bits per heavy atom. The Hall–Kier alpha value is -3.61. The molecular weight excluding hydrogens is 359 g/mol. The zero-order valence-corrected chi connectivity index (χ0v) is 15.3. The molecule has 0 atom stereocenters. The second-order valence-corrected chi connectivity index (χ2v) is 6.15. The minimum atomic E-state index is -0.425. The van der Waals surface area contributed by atoms with Crippen molar-refractivity contribution in [1.29, 1.82) is 0 Å². The fourth-order valence-corrected chi connectivity index (χ4v) is 2.57. The predicted molar refractivity (Wildman–Crippen MR) is 105 cm³/mol. The lowest BCUT2D eigenvalue weighted by molar-refractivity contribution is 0.100. The number of nitrogens with zero attached hydrogens (tertiary/aromatic N) is 2. The van der Waals surface area contributed by atoms with E-state index in [1.54, 1.807) is 42.5 Å². The van der Waals surface area contributed by atoms with E-state index in [4.69, 9.17) is 0 Å². The zero-order chi connectivity index (χ0) is 19.9. The van der Waals surface area contributed by atoms with Crippen LogP contribution in [0.4, 0.5) is 15.9 Å². The molecule has 1 aromatic heterocycles. The summed E-state index contributed by atoms with van der Waals surface area (Å²) in [6.07, 6.45) is 3.31. The van der Waals surface area contributed by atoms with E-state index >= 15 is 0 Å². The number of amides is 1. The summed E-state index contributed by atoms with van der Waals surface area (Å²) < 4.78 is 13.6. The van der Waals surface area contributed by atoms with E-state index in [1.807, 2.05) is 0 Å². The molecule has 142 valence electrons. The number of hydrogen-bond acceptors (Lipinski definition) is 5. The van der Waals surface area contributed by atoms with Gasteiger partial charge in [-0.15, -0.1) is 0 Å². The van der Waals surface area contributed by atoms with Gasteiger partial charge in [0, 0.05) is 17.8 Å². The van der Waals surface area contributed by atoms with Crippen molar-refractivity contribution in [3.63, 3.8) is 0 Å². The molecule has 0 spiro atoms. The molecule has 3 aromatic rings. The van der Waals surface area contributed by atoms with Crippen molar-refractivity contribution in [2.45, 2.75) is 13.3 Å². The first-order valence-corrected chi connectivity index (χ1v) is 8.74. The van der Waals surface area contributed by atoms with Crippen molar-refractivity contribution in [3.8, 4) is 0 Å². The van der Waals surface area contributed by atoms with Gasteiger partial charge in [-0.3, -0.25) is 9.59 Å². The molecule has 1 heterocycles. The van der Waals surface area contributed by atoms with E-state index in [1.165, 1.54) is 25.4 Å². The van der Waals surface area contributed by atoms with Crippen LogP contribution in [0.2, 0.25) is 0 Å². The summed E-state index contributed by atoms with van der Waals surface area (Å²) in [4.78, 5) is 32.0. The standard InChI is InChI=1S/C21H19FN4O2/c1-14(27)16-6-4-7-17(11-16)26-21(28)19-12-25-20(13-24-19)23-10-9-15-5-2-3-8-18(15)22/h2-8,11-13H,9-10H2,1H3,(H,23,25)(H,26,28). The van der Waals surface area contributed by atoms with Crippen LogP contribution in [0.1, 0.15) is 33.3 Å². The van der Waals surface area contributed by atoms with Gasteiger partial charge in [0.15, 0.2) is 5.78 Å². The highest BCUT2D eigenvalue weighted by molar-refractivity contribution is 6.03. The summed E-state index contributed by atoms with van der Waals surface area (Å²) in [5.74, 6) is -0.254. The highest BCUT2D eigenvalue weighted by Crippen LogP contribution is 2.13. The molecule has 2 N–H and O–H groups in total. The number of Topliss-reactive ketones (excluding diaryl/α,β-unsaturated/α-hetero) is 1. The van der Waals surface area contributed by atoms with Crippen LogP contribution in [0.15, 0.2) is 60.9 Å². The Morgan fingerprint density at radius 2 is 1.86 bits per heavy atom. The van der Waals surface area contributed by atoms with Crippen molar-refractivity contribution in [2.24, 2.45) is 0 Å². The first-order chi connectivity index (χ1) is 13.5. The quantitative estimate of drug-likeness (QED) is 0.612. The minimum Gasteiger partial charge on any atom is -0.368 e. The van der Waals surface area contributed by atoms with Crippen molar-refractivity contribution in [1.82, 2.24) is 9.97 Å². The number of aromatic nitrogens is 2. The third-order valence-electron chi connectivity index (χ3n) is 4.07. The first kappa shape index (κ1) is 19.2. The lowest BCUT2D eigenvalue weighted by Gasteiger charge is -2.08. The first-order valence-electron chi connectivity index (χ1n) is 8.74. The largest absolute Gasteiger partial charge is 0.368 e. The summed E-state index contributed by atoms with van der Waals surface area (Å²) >= 11 is 0. The Labute approximate surface area is 161 Å². The van der Waals surface area contributed by atoms with Crippen molar-refractivity contribution in [3.05, 3.63) is 83.6 Å². The highest BCUT2D eigenvalue weighted by atomic mass is 19.1. The number of rotatable bonds is 7. The van der Waals surface area contributed by atoms with Gasteiger partial charge in [-0.1, -0.05) is 30.3 Å². The predicted octanol–water partition coefficient (Wildman–Crippen LogP) is 3.73. The molecule has 6 nitrogen and oxygen atoms in total. The lowest BCUT2D eigenvalue weighted by atomic mass is 10.1. The fourth-order valence-electron chi connectivity index (χ4n) is 2.57.